The standard InChI is InChI=1S/C11H13N5/c1-9-10(8-16(2)15-9)7-13-14-11-5-3-4-6-12-11/h3-8H,1-2H3,(H,12,14)/b13-7-. The molecule has 2 rings (SSSR count). The topological polar surface area (TPSA) is 55.1 Å². The van der Waals surface area contributed by atoms with Gasteiger partial charge >= 0.3 is 0 Å². The van der Waals surface area contributed by atoms with Crippen LogP contribution in [0.3, 0.4) is 0 Å². The highest BCUT2D eigenvalue weighted by Gasteiger charge is 1.98. The van der Waals surface area contributed by atoms with Gasteiger partial charge in [0.15, 0.2) is 0 Å². The van der Waals surface area contributed by atoms with Crippen LogP contribution in [0.25, 0.3) is 0 Å². The quantitative estimate of drug-likeness (QED) is 0.624. The van der Waals surface area contributed by atoms with Gasteiger partial charge in [-0.05, 0) is 19.1 Å². The fraction of sp³-hybridized carbons (Fsp3) is 0.182. The molecular formula is C11H13N5. The molecule has 16 heavy (non-hydrogen) atoms. The molecule has 0 saturated heterocycles. The Bertz CT molecular complexity index is 486. The van der Waals surface area contributed by atoms with Crippen molar-refractivity contribution in [3.8, 4) is 0 Å². The lowest BCUT2D eigenvalue weighted by atomic mass is 10.3. The van der Waals surface area contributed by atoms with Crippen LogP contribution in [0, 0.1) is 6.92 Å². The van der Waals surface area contributed by atoms with Crippen LogP contribution in [-0.4, -0.2) is 21.0 Å². The number of hydrazone groups is 1. The molecule has 0 aliphatic rings. The van der Waals surface area contributed by atoms with Crippen molar-refractivity contribution in [2.24, 2.45) is 12.1 Å². The summed E-state index contributed by atoms with van der Waals surface area (Å²) >= 11 is 0. The van der Waals surface area contributed by atoms with Crippen molar-refractivity contribution in [1.82, 2.24) is 14.8 Å². The number of nitrogens with one attached hydrogen (secondary N) is 1. The molecule has 2 aromatic heterocycles. The van der Waals surface area contributed by atoms with Gasteiger partial charge in [-0.3, -0.25) is 10.1 Å². The third-order valence-electron chi connectivity index (χ3n) is 2.10. The smallest absolute Gasteiger partial charge is 0.146 e. The monoisotopic (exact) mass is 215 g/mol. The third kappa shape index (κ3) is 2.44. The predicted molar refractivity (Wildman–Crippen MR) is 63.4 cm³/mol. The Morgan fingerprint density at radius 1 is 1.44 bits per heavy atom. The molecule has 2 heterocycles. The number of pyridine rings is 1. The first-order valence-electron chi connectivity index (χ1n) is 4.96. The Morgan fingerprint density at radius 3 is 2.94 bits per heavy atom. The van der Waals surface area contributed by atoms with Crippen molar-refractivity contribution < 1.29 is 0 Å². The number of hydrogen-bond acceptors (Lipinski definition) is 4. The summed E-state index contributed by atoms with van der Waals surface area (Å²) in [7, 11) is 1.89. The molecule has 0 spiro atoms. The Kier molecular flexibility index (Phi) is 2.95. The zero-order valence-electron chi connectivity index (χ0n) is 9.25. The first-order chi connectivity index (χ1) is 7.75. The second kappa shape index (κ2) is 4.57. The largest absolute Gasteiger partial charge is 0.275 e. The normalized spacial score (nSPS) is 10.9. The van der Waals surface area contributed by atoms with E-state index in [0.29, 0.717) is 0 Å². The van der Waals surface area contributed by atoms with E-state index in [0.717, 1.165) is 17.1 Å². The average Bonchev–Trinajstić information content (AvgIpc) is 2.59. The Hall–Kier alpha value is -2.17. The molecule has 0 saturated carbocycles. The molecule has 0 atom stereocenters. The number of aryl methyl sites for hydroxylation is 2. The van der Waals surface area contributed by atoms with Gasteiger partial charge in [-0.25, -0.2) is 4.98 Å². The van der Waals surface area contributed by atoms with E-state index in [9.17, 15) is 0 Å². The van der Waals surface area contributed by atoms with Crippen LogP contribution >= 0.6 is 0 Å². The molecule has 0 aliphatic heterocycles. The number of nitrogens with zero attached hydrogens (tertiary/aromatic N) is 4. The van der Waals surface area contributed by atoms with Gasteiger partial charge in [-0.1, -0.05) is 6.07 Å². The van der Waals surface area contributed by atoms with E-state index in [2.05, 4.69) is 20.6 Å². The lowest BCUT2D eigenvalue weighted by Crippen LogP contribution is -1.92. The molecule has 0 aromatic carbocycles. The molecule has 5 nitrogen and oxygen atoms in total. The molecule has 0 amide bonds. The maximum Gasteiger partial charge on any atom is 0.146 e. The fourth-order valence-electron chi connectivity index (χ4n) is 1.34. The molecule has 0 bridgehead atoms. The van der Waals surface area contributed by atoms with Crippen LogP contribution in [-0.2, 0) is 7.05 Å². The lowest BCUT2D eigenvalue weighted by Gasteiger charge is -1.96. The fourth-order valence-corrected chi connectivity index (χ4v) is 1.34. The lowest BCUT2D eigenvalue weighted by molar-refractivity contribution is 0.756. The van der Waals surface area contributed by atoms with Crippen LogP contribution in [0.4, 0.5) is 5.82 Å². The van der Waals surface area contributed by atoms with E-state index in [1.54, 1.807) is 17.1 Å². The van der Waals surface area contributed by atoms with Crippen molar-refractivity contribution in [3.63, 3.8) is 0 Å². The summed E-state index contributed by atoms with van der Waals surface area (Å²) < 4.78 is 1.76. The minimum Gasteiger partial charge on any atom is -0.275 e. The number of aromatic nitrogens is 3. The van der Waals surface area contributed by atoms with E-state index in [1.807, 2.05) is 38.4 Å². The molecular weight excluding hydrogens is 202 g/mol. The minimum atomic E-state index is 0.722. The third-order valence-corrected chi connectivity index (χ3v) is 2.10. The van der Waals surface area contributed by atoms with E-state index >= 15 is 0 Å². The van der Waals surface area contributed by atoms with Crippen molar-refractivity contribution in [3.05, 3.63) is 41.9 Å². The molecule has 0 fully saturated rings. The van der Waals surface area contributed by atoms with E-state index < -0.39 is 0 Å². The Balaban J connectivity index is 2.03. The van der Waals surface area contributed by atoms with Crippen LogP contribution in [0.1, 0.15) is 11.3 Å². The summed E-state index contributed by atoms with van der Waals surface area (Å²) in [6.45, 7) is 1.95. The highest BCUT2D eigenvalue weighted by Crippen LogP contribution is 2.02. The van der Waals surface area contributed by atoms with Crippen molar-refractivity contribution >= 4 is 12.0 Å². The first-order valence-corrected chi connectivity index (χ1v) is 4.96. The summed E-state index contributed by atoms with van der Waals surface area (Å²) in [6, 6.07) is 5.62. The van der Waals surface area contributed by atoms with Crippen molar-refractivity contribution in [2.45, 2.75) is 6.92 Å². The maximum absolute atomic E-state index is 4.22. The van der Waals surface area contributed by atoms with Gasteiger partial charge in [0, 0.05) is 25.0 Å². The van der Waals surface area contributed by atoms with Crippen molar-refractivity contribution in [1.29, 1.82) is 0 Å². The second-order valence-corrected chi connectivity index (χ2v) is 3.43. The minimum absolute atomic E-state index is 0.722. The summed E-state index contributed by atoms with van der Waals surface area (Å²) in [4.78, 5) is 4.09. The van der Waals surface area contributed by atoms with Crippen LogP contribution in [0.5, 0.6) is 0 Å². The summed E-state index contributed by atoms with van der Waals surface area (Å²) in [5.74, 6) is 0.722. The number of anilines is 1. The van der Waals surface area contributed by atoms with E-state index in [4.69, 9.17) is 0 Å². The zero-order valence-corrected chi connectivity index (χ0v) is 9.25. The average molecular weight is 215 g/mol. The van der Waals surface area contributed by atoms with Gasteiger partial charge in [0.25, 0.3) is 0 Å². The van der Waals surface area contributed by atoms with Gasteiger partial charge in [-0.15, -0.1) is 0 Å². The van der Waals surface area contributed by atoms with Crippen LogP contribution in [0.15, 0.2) is 35.7 Å². The Labute approximate surface area is 93.8 Å². The van der Waals surface area contributed by atoms with Gasteiger partial charge < -0.3 is 0 Å². The van der Waals surface area contributed by atoms with Gasteiger partial charge in [0.1, 0.15) is 5.82 Å². The number of rotatable bonds is 3. The molecule has 1 N–H and O–H groups in total. The van der Waals surface area contributed by atoms with Crippen LogP contribution in [0.2, 0.25) is 0 Å². The van der Waals surface area contributed by atoms with E-state index in [1.165, 1.54) is 0 Å². The molecule has 0 unspecified atom stereocenters. The van der Waals surface area contributed by atoms with Gasteiger partial charge in [-0.2, -0.15) is 10.2 Å². The number of hydrogen-bond donors (Lipinski definition) is 1. The first kappa shape index (κ1) is 10.4. The molecule has 0 aliphatic carbocycles. The van der Waals surface area contributed by atoms with Gasteiger partial charge in [0.2, 0.25) is 0 Å². The SMILES string of the molecule is Cc1nn(C)cc1/C=N\Nc1ccccn1. The van der Waals surface area contributed by atoms with Crippen molar-refractivity contribution in [2.75, 3.05) is 5.43 Å². The molecule has 2 aromatic rings. The summed E-state index contributed by atoms with van der Waals surface area (Å²) in [5.41, 5.74) is 4.80. The summed E-state index contributed by atoms with van der Waals surface area (Å²) in [5, 5.41) is 8.31. The highest BCUT2D eigenvalue weighted by molar-refractivity contribution is 5.81. The summed E-state index contributed by atoms with van der Waals surface area (Å²) in [6.07, 6.45) is 5.36. The Morgan fingerprint density at radius 2 is 2.31 bits per heavy atom. The maximum atomic E-state index is 4.22. The molecule has 0 radical (unpaired) electrons. The van der Waals surface area contributed by atoms with E-state index in [-0.39, 0.29) is 0 Å². The predicted octanol–water partition coefficient (Wildman–Crippen LogP) is 1.57. The zero-order chi connectivity index (χ0) is 11.4. The van der Waals surface area contributed by atoms with Gasteiger partial charge in [0.05, 0.1) is 11.9 Å². The highest BCUT2D eigenvalue weighted by atomic mass is 15.3. The molecule has 82 valence electrons. The van der Waals surface area contributed by atoms with Crippen LogP contribution < -0.4 is 5.43 Å². The molecule has 5 heteroatoms. The second-order valence-electron chi connectivity index (χ2n) is 3.43.